The van der Waals surface area contributed by atoms with Crippen molar-refractivity contribution in [2.45, 2.75) is 18.8 Å². The molecule has 2 aromatic heterocycles. The summed E-state index contributed by atoms with van der Waals surface area (Å²) < 4.78 is 5.86. The molecule has 3 aromatic rings. The van der Waals surface area contributed by atoms with Crippen LogP contribution in [0.3, 0.4) is 0 Å². The molecule has 1 saturated heterocycles. The molecule has 7 heteroatoms. The Bertz CT molecular complexity index is 880. The van der Waals surface area contributed by atoms with Crippen molar-refractivity contribution in [1.82, 2.24) is 14.9 Å². The second-order valence-corrected chi connectivity index (χ2v) is 6.86. The van der Waals surface area contributed by atoms with Crippen molar-refractivity contribution in [1.29, 1.82) is 0 Å². The maximum Gasteiger partial charge on any atom is 0.254 e. The minimum absolute atomic E-state index is 0.0813. The van der Waals surface area contributed by atoms with Crippen LogP contribution in [0.1, 0.15) is 35.0 Å². The minimum atomic E-state index is -0.0813. The zero-order valence-electron chi connectivity index (χ0n) is 13.3. The number of hydrogen-bond acceptors (Lipinski definition) is 4. The standard InChI is InChI=1S/C18H15Cl2N3O2/c19-15-9-12(10-16(20)22-15)18(24)23-7-5-11(6-8-23)17-21-13-3-1-2-4-14(13)25-17/h1-4,9-11H,5-8H2. The van der Waals surface area contributed by atoms with E-state index in [0.29, 0.717) is 18.7 Å². The van der Waals surface area contributed by atoms with Crippen LogP contribution in [0.4, 0.5) is 0 Å². The highest BCUT2D eigenvalue weighted by Crippen LogP contribution is 2.30. The highest BCUT2D eigenvalue weighted by Gasteiger charge is 2.27. The number of aromatic nitrogens is 2. The van der Waals surface area contributed by atoms with Crippen LogP contribution in [0, 0.1) is 0 Å². The maximum atomic E-state index is 12.6. The lowest BCUT2D eigenvalue weighted by Crippen LogP contribution is -2.38. The number of para-hydroxylation sites is 2. The van der Waals surface area contributed by atoms with Crippen molar-refractivity contribution in [2.75, 3.05) is 13.1 Å². The molecule has 0 saturated carbocycles. The van der Waals surface area contributed by atoms with Gasteiger partial charge in [-0.15, -0.1) is 0 Å². The molecule has 0 spiro atoms. The monoisotopic (exact) mass is 375 g/mol. The molecular formula is C18H15Cl2N3O2. The van der Waals surface area contributed by atoms with Gasteiger partial charge in [-0.2, -0.15) is 0 Å². The van der Waals surface area contributed by atoms with Crippen molar-refractivity contribution in [3.63, 3.8) is 0 Å². The summed E-state index contributed by atoms with van der Waals surface area (Å²) in [6.45, 7) is 1.28. The first-order chi connectivity index (χ1) is 12.1. The van der Waals surface area contributed by atoms with Gasteiger partial charge in [0.05, 0.1) is 0 Å². The van der Waals surface area contributed by atoms with Crippen molar-refractivity contribution < 1.29 is 9.21 Å². The van der Waals surface area contributed by atoms with Crippen molar-refractivity contribution >= 4 is 40.2 Å². The van der Waals surface area contributed by atoms with Crippen LogP contribution in [0.2, 0.25) is 10.3 Å². The number of fused-ring (bicyclic) bond motifs is 1. The first kappa shape index (κ1) is 16.4. The molecule has 0 N–H and O–H groups in total. The van der Waals surface area contributed by atoms with Crippen LogP contribution in [0.25, 0.3) is 11.1 Å². The molecule has 3 heterocycles. The number of carbonyl (C=O) groups excluding carboxylic acids is 1. The fraction of sp³-hybridized carbons (Fsp3) is 0.278. The quantitative estimate of drug-likeness (QED) is 0.616. The van der Waals surface area contributed by atoms with Crippen molar-refractivity contribution in [2.24, 2.45) is 0 Å². The molecule has 0 aliphatic carbocycles. The molecular weight excluding hydrogens is 361 g/mol. The van der Waals surface area contributed by atoms with Crippen LogP contribution in [0.5, 0.6) is 0 Å². The summed E-state index contributed by atoms with van der Waals surface area (Å²) in [5.41, 5.74) is 2.14. The molecule has 0 atom stereocenters. The minimum Gasteiger partial charge on any atom is -0.440 e. The number of pyridine rings is 1. The lowest BCUT2D eigenvalue weighted by atomic mass is 9.96. The van der Waals surface area contributed by atoms with Gasteiger partial charge in [0.2, 0.25) is 0 Å². The Balaban J connectivity index is 1.46. The normalized spacial score (nSPS) is 15.7. The van der Waals surface area contributed by atoms with E-state index in [1.807, 2.05) is 24.3 Å². The van der Waals surface area contributed by atoms with Gasteiger partial charge in [-0.25, -0.2) is 9.97 Å². The number of piperidine rings is 1. The van der Waals surface area contributed by atoms with Crippen molar-refractivity contribution in [3.05, 3.63) is 58.2 Å². The zero-order chi connectivity index (χ0) is 17.4. The average molecular weight is 376 g/mol. The van der Waals surface area contributed by atoms with Gasteiger partial charge in [-0.3, -0.25) is 4.79 Å². The van der Waals surface area contributed by atoms with E-state index in [-0.39, 0.29) is 22.1 Å². The van der Waals surface area contributed by atoms with E-state index in [9.17, 15) is 4.79 Å². The molecule has 0 radical (unpaired) electrons. The topological polar surface area (TPSA) is 59.2 Å². The number of nitrogens with zero attached hydrogens (tertiary/aromatic N) is 3. The van der Waals surface area contributed by atoms with Gasteiger partial charge in [-0.1, -0.05) is 35.3 Å². The van der Waals surface area contributed by atoms with E-state index >= 15 is 0 Å². The molecule has 5 nitrogen and oxygen atoms in total. The number of rotatable bonds is 2. The van der Waals surface area contributed by atoms with E-state index in [0.717, 1.165) is 29.8 Å². The molecule has 1 fully saturated rings. The third-order valence-electron chi connectivity index (χ3n) is 4.45. The van der Waals surface area contributed by atoms with E-state index in [2.05, 4.69) is 9.97 Å². The van der Waals surface area contributed by atoms with Crippen LogP contribution in [-0.2, 0) is 0 Å². The van der Waals surface area contributed by atoms with Gasteiger partial charge in [-0.05, 0) is 37.1 Å². The number of benzene rings is 1. The lowest BCUT2D eigenvalue weighted by Gasteiger charge is -2.30. The van der Waals surface area contributed by atoms with Crippen LogP contribution in [-0.4, -0.2) is 33.9 Å². The molecule has 1 aliphatic heterocycles. The van der Waals surface area contributed by atoms with Crippen LogP contribution in [0.15, 0.2) is 40.8 Å². The third kappa shape index (κ3) is 3.34. The molecule has 25 heavy (non-hydrogen) atoms. The second kappa shape index (κ2) is 6.65. The zero-order valence-corrected chi connectivity index (χ0v) is 14.8. The van der Waals surface area contributed by atoms with Gasteiger partial charge >= 0.3 is 0 Å². The number of oxazole rings is 1. The number of likely N-dealkylation sites (tertiary alicyclic amines) is 1. The number of hydrogen-bond donors (Lipinski definition) is 0. The fourth-order valence-electron chi connectivity index (χ4n) is 3.17. The molecule has 1 aromatic carbocycles. The highest BCUT2D eigenvalue weighted by molar-refractivity contribution is 6.33. The van der Waals surface area contributed by atoms with Gasteiger partial charge in [0.25, 0.3) is 5.91 Å². The van der Waals surface area contributed by atoms with Crippen molar-refractivity contribution in [3.8, 4) is 0 Å². The third-order valence-corrected chi connectivity index (χ3v) is 4.84. The fourth-order valence-corrected chi connectivity index (χ4v) is 3.63. The summed E-state index contributed by atoms with van der Waals surface area (Å²) in [5.74, 6) is 0.895. The molecule has 4 rings (SSSR count). The summed E-state index contributed by atoms with van der Waals surface area (Å²) in [4.78, 5) is 22.9. The van der Waals surface area contributed by atoms with Gasteiger partial charge in [0, 0.05) is 24.6 Å². The summed E-state index contributed by atoms with van der Waals surface area (Å²) in [7, 11) is 0. The Kier molecular flexibility index (Phi) is 4.36. The Morgan fingerprint density at radius 3 is 2.44 bits per heavy atom. The smallest absolute Gasteiger partial charge is 0.254 e. The average Bonchev–Trinajstić information content (AvgIpc) is 3.04. The van der Waals surface area contributed by atoms with E-state index < -0.39 is 0 Å². The Labute approximate surface area is 154 Å². The second-order valence-electron chi connectivity index (χ2n) is 6.09. The number of halogens is 2. The SMILES string of the molecule is O=C(c1cc(Cl)nc(Cl)c1)N1CCC(c2nc3ccccc3o2)CC1. The Morgan fingerprint density at radius 1 is 1.08 bits per heavy atom. The number of amides is 1. The summed E-state index contributed by atoms with van der Waals surface area (Å²) in [5, 5.41) is 0.439. The molecule has 1 amide bonds. The summed E-state index contributed by atoms with van der Waals surface area (Å²) >= 11 is 11.8. The molecule has 0 bridgehead atoms. The summed E-state index contributed by atoms with van der Waals surface area (Å²) in [6, 6.07) is 10.8. The first-order valence-electron chi connectivity index (χ1n) is 8.08. The van der Waals surface area contributed by atoms with E-state index in [1.165, 1.54) is 0 Å². The predicted octanol–water partition coefficient (Wildman–Crippen LogP) is 4.55. The Morgan fingerprint density at radius 2 is 1.76 bits per heavy atom. The van der Waals surface area contributed by atoms with Gasteiger partial charge < -0.3 is 9.32 Å². The van der Waals surface area contributed by atoms with Gasteiger partial charge in [0.15, 0.2) is 11.5 Å². The van der Waals surface area contributed by atoms with Crippen LogP contribution < -0.4 is 0 Å². The summed E-state index contributed by atoms with van der Waals surface area (Å²) in [6.07, 6.45) is 1.62. The molecule has 0 unspecified atom stereocenters. The first-order valence-corrected chi connectivity index (χ1v) is 8.83. The van der Waals surface area contributed by atoms with Crippen LogP contribution >= 0.6 is 23.2 Å². The molecule has 1 aliphatic rings. The van der Waals surface area contributed by atoms with Gasteiger partial charge in [0.1, 0.15) is 15.8 Å². The van der Waals surface area contributed by atoms with E-state index in [1.54, 1.807) is 17.0 Å². The highest BCUT2D eigenvalue weighted by atomic mass is 35.5. The van der Waals surface area contributed by atoms with E-state index in [4.69, 9.17) is 27.6 Å². The maximum absolute atomic E-state index is 12.6. The number of carbonyl (C=O) groups is 1. The molecule has 128 valence electrons. The predicted molar refractivity (Wildman–Crippen MR) is 96.1 cm³/mol. The lowest BCUT2D eigenvalue weighted by molar-refractivity contribution is 0.0706. The Hall–Kier alpha value is -2.11. The largest absolute Gasteiger partial charge is 0.440 e.